The summed E-state index contributed by atoms with van der Waals surface area (Å²) in [4.78, 5) is 12.2. The molecule has 16 heavy (non-hydrogen) atoms. The van der Waals surface area contributed by atoms with Gasteiger partial charge < -0.3 is 4.74 Å². The van der Waals surface area contributed by atoms with Crippen LogP contribution in [0.4, 0.5) is 0 Å². The maximum atomic E-state index is 12.2. The first-order valence-corrected chi connectivity index (χ1v) is 6.10. The van der Waals surface area contributed by atoms with Gasteiger partial charge in [-0.15, -0.1) is 0 Å². The van der Waals surface area contributed by atoms with Gasteiger partial charge in [0, 0.05) is 11.0 Å². The number of methoxy groups -OCH3 is 1. The van der Waals surface area contributed by atoms with Crippen LogP contribution < -0.4 is 4.74 Å². The van der Waals surface area contributed by atoms with Gasteiger partial charge in [0.1, 0.15) is 5.75 Å². The normalized spacial score (nSPS) is 11.3. The van der Waals surface area contributed by atoms with Crippen molar-refractivity contribution in [1.29, 1.82) is 0 Å². The molecule has 0 atom stereocenters. The second-order valence-corrected chi connectivity index (χ2v) is 5.27. The number of Topliss-reactive ketones (excluding diaryl/α,β-unsaturated/α-hetero) is 1. The summed E-state index contributed by atoms with van der Waals surface area (Å²) < 4.78 is 5.95. The fraction of sp³-hybridized carbons (Fsp3) is 0.462. The Bertz CT molecular complexity index is 397. The largest absolute Gasteiger partial charge is 0.496 e. The van der Waals surface area contributed by atoms with E-state index in [0.717, 1.165) is 22.2 Å². The molecule has 0 spiro atoms. The van der Waals surface area contributed by atoms with E-state index in [0.29, 0.717) is 0 Å². The smallest absolute Gasteiger partial charge is 0.168 e. The standard InChI is InChI=1S/C13H17BrO2/c1-5-13(2,3)12(15)9-6-7-11(16-4)10(14)8-9/h6-8H,5H2,1-4H3. The number of ether oxygens (including phenoxy) is 1. The molecule has 1 aromatic rings. The highest BCUT2D eigenvalue weighted by Crippen LogP contribution is 2.30. The van der Waals surface area contributed by atoms with E-state index in [1.54, 1.807) is 7.11 Å². The van der Waals surface area contributed by atoms with E-state index in [1.807, 2.05) is 39.0 Å². The summed E-state index contributed by atoms with van der Waals surface area (Å²) in [5, 5.41) is 0. The number of carbonyl (C=O) groups excluding carboxylic acids is 1. The van der Waals surface area contributed by atoms with Gasteiger partial charge in [0.05, 0.1) is 11.6 Å². The molecule has 0 unspecified atom stereocenters. The molecule has 0 aliphatic heterocycles. The summed E-state index contributed by atoms with van der Waals surface area (Å²) >= 11 is 3.39. The lowest BCUT2D eigenvalue weighted by Crippen LogP contribution is -2.23. The van der Waals surface area contributed by atoms with Crippen molar-refractivity contribution in [3.8, 4) is 5.75 Å². The maximum absolute atomic E-state index is 12.2. The molecule has 0 bridgehead atoms. The van der Waals surface area contributed by atoms with Crippen LogP contribution in [0.5, 0.6) is 5.75 Å². The Labute approximate surface area is 105 Å². The third-order valence-corrected chi connectivity index (χ3v) is 3.53. The molecule has 3 heteroatoms. The molecule has 1 rings (SSSR count). The molecule has 0 amide bonds. The monoisotopic (exact) mass is 284 g/mol. The Kier molecular flexibility index (Phi) is 4.14. The molecule has 2 nitrogen and oxygen atoms in total. The SMILES string of the molecule is CCC(C)(C)C(=O)c1ccc(OC)c(Br)c1. The first-order valence-electron chi connectivity index (χ1n) is 5.30. The van der Waals surface area contributed by atoms with Crippen molar-refractivity contribution >= 4 is 21.7 Å². The lowest BCUT2D eigenvalue weighted by atomic mass is 9.82. The highest BCUT2D eigenvalue weighted by atomic mass is 79.9. The van der Waals surface area contributed by atoms with Crippen LogP contribution in [-0.4, -0.2) is 12.9 Å². The summed E-state index contributed by atoms with van der Waals surface area (Å²) in [6, 6.07) is 5.44. The topological polar surface area (TPSA) is 26.3 Å². The Morgan fingerprint density at radius 2 is 2.06 bits per heavy atom. The van der Waals surface area contributed by atoms with E-state index in [9.17, 15) is 4.79 Å². The van der Waals surface area contributed by atoms with Crippen LogP contribution in [0.3, 0.4) is 0 Å². The highest BCUT2D eigenvalue weighted by molar-refractivity contribution is 9.10. The molecule has 88 valence electrons. The number of hydrogen-bond donors (Lipinski definition) is 0. The van der Waals surface area contributed by atoms with Gasteiger partial charge >= 0.3 is 0 Å². The van der Waals surface area contributed by atoms with E-state index in [4.69, 9.17) is 4.74 Å². The van der Waals surface area contributed by atoms with Crippen LogP contribution in [0.25, 0.3) is 0 Å². The molecule has 0 aromatic heterocycles. The Morgan fingerprint density at radius 1 is 1.44 bits per heavy atom. The fourth-order valence-corrected chi connectivity index (χ4v) is 1.90. The number of ketones is 1. The average Bonchev–Trinajstić information content (AvgIpc) is 2.27. The van der Waals surface area contributed by atoms with Gasteiger partial charge in [-0.2, -0.15) is 0 Å². The molecular formula is C13H17BrO2. The Hall–Kier alpha value is -0.830. The van der Waals surface area contributed by atoms with E-state index < -0.39 is 0 Å². The van der Waals surface area contributed by atoms with Gasteiger partial charge in [0.25, 0.3) is 0 Å². The van der Waals surface area contributed by atoms with Gasteiger partial charge in [-0.1, -0.05) is 20.8 Å². The quantitative estimate of drug-likeness (QED) is 0.779. The highest BCUT2D eigenvalue weighted by Gasteiger charge is 2.26. The van der Waals surface area contributed by atoms with Gasteiger partial charge in [0.15, 0.2) is 5.78 Å². The Balaban J connectivity index is 3.07. The zero-order valence-corrected chi connectivity index (χ0v) is 11.7. The number of halogens is 1. The molecule has 0 N–H and O–H groups in total. The molecule has 0 heterocycles. The molecule has 1 aromatic carbocycles. The first-order chi connectivity index (χ1) is 7.42. The first kappa shape index (κ1) is 13.2. The van der Waals surface area contributed by atoms with Gasteiger partial charge in [-0.25, -0.2) is 0 Å². The predicted molar refractivity (Wildman–Crippen MR) is 69.1 cm³/mol. The second-order valence-electron chi connectivity index (χ2n) is 4.42. The van der Waals surface area contributed by atoms with Crippen molar-refractivity contribution in [3.05, 3.63) is 28.2 Å². The van der Waals surface area contributed by atoms with Crippen molar-refractivity contribution in [2.75, 3.05) is 7.11 Å². The summed E-state index contributed by atoms with van der Waals surface area (Å²) in [6.07, 6.45) is 0.829. The minimum absolute atomic E-state index is 0.165. The van der Waals surface area contributed by atoms with Crippen LogP contribution in [0.15, 0.2) is 22.7 Å². The molecule has 0 saturated heterocycles. The zero-order valence-electron chi connectivity index (χ0n) is 10.1. The second kappa shape index (κ2) is 5.00. The van der Waals surface area contributed by atoms with Crippen molar-refractivity contribution < 1.29 is 9.53 Å². The van der Waals surface area contributed by atoms with E-state index in [2.05, 4.69) is 15.9 Å². The summed E-state index contributed by atoms with van der Waals surface area (Å²) in [6.45, 7) is 5.96. The molecular weight excluding hydrogens is 268 g/mol. The molecule has 0 aliphatic carbocycles. The minimum Gasteiger partial charge on any atom is -0.496 e. The molecule has 0 aliphatic rings. The minimum atomic E-state index is -0.311. The zero-order chi connectivity index (χ0) is 12.3. The van der Waals surface area contributed by atoms with E-state index in [-0.39, 0.29) is 11.2 Å². The van der Waals surface area contributed by atoms with Crippen molar-refractivity contribution in [1.82, 2.24) is 0 Å². The van der Waals surface area contributed by atoms with Crippen molar-refractivity contribution in [2.45, 2.75) is 27.2 Å². The van der Waals surface area contributed by atoms with E-state index >= 15 is 0 Å². The molecule has 0 radical (unpaired) electrons. The maximum Gasteiger partial charge on any atom is 0.168 e. The van der Waals surface area contributed by atoms with Gasteiger partial charge in [-0.05, 0) is 40.5 Å². The van der Waals surface area contributed by atoms with Crippen LogP contribution in [0, 0.1) is 5.41 Å². The third-order valence-electron chi connectivity index (χ3n) is 2.91. The number of benzene rings is 1. The summed E-state index contributed by atoms with van der Waals surface area (Å²) in [7, 11) is 1.61. The average molecular weight is 285 g/mol. The van der Waals surface area contributed by atoms with Crippen LogP contribution in [0.1, 0.15) is 37.6 Å². The number of carbonyl (C=O) groups is 1. The number of hydrogen-bond acceptors (Lipinski definition) is 2. The fourth-order valence-electron chi connectivity index (χ4n) is 1.36. The van der Waals surface area contributed by atoms with E-state index in [1.165, 1.54) is 0 Å². The van der Waals surface area contributed by atoms with Crippen LogP contribution >= 0.6 is 15.9 Å². The Morgan fingerprint density at radius 3 is 2.50 bits per heavy atom. The third kappa shape index (κ3) is 2.64. The predicted octanol–water partition coefficient (Wildman–Crippen LogP) is 4.08. The lowest BCUT2D eigenvalue weighted by molar-refractivity contribution is 0.0833. The van der Waals surface area contributed by atoms with Gasteiger partial charge in [0.2, 0.25) is 0 Å². The number of rotatable bonds is 4. The molecule has 0 saturated carbocycles. The van der Waals surface area contributed by atoms with Crippen LogP contribution in [-0.2, 0) is 0 Å². The molecule has 0 fully saturated rings. The van der Waals surface area contributed by atoms with Crippen LogP contribution in [0.2, 0.25) is 0 Å². The van der Waals surface area contributed by atoms with Gasteiger partial charge in [-0.3, -0.25) is 4.79 Å². The van der Waals surface area contributed by atoms with Crippen molar-refractivity contribution in [3.63, 3.8) is 0 Å². The summed E-state index contributed by atoms with van der Waals surface area (Å²) in [5.41, 5.74) is 0.410. The lowest BCUT2D eigenvalue weighted by Gasteiger charge is -2.21. The van der Waals surface area contributed by atoms with Crippen molar-refractivity contribution in [2.24, 2.45) is 5.41 Å². The summed E-state index contributed by atoms with van der Waals surface area (Å²) in [5.74, 6) is 0.907.